The van der Waals surface area contributed by atoms with Crippen molar-refractivity contribution >= 4 is 0 Å². The van der Waals surface area contributed by atoms with Crippen molar-refractivity contribution in [2.75, 3.05) is 32.8 Å². The van der Waals surface area contributed by atoms with Gasteiger partial charge in [0.15, 0.2) is 0 Å². The summed E-state index contributed by atoms with van der Waals surface area (Å²) in [4.78, 5) is 2.37. The van der Waals surface area contributed by atoms with Gasteiger partial charge < -0.3 is 15.0 Å². The maximum atomic E-state index is 5.96. The molecule has 3 heteroatoms. The molecule has 0 saturated carbocycles. The van der Waals surface area contributed by atoms with Crippen molar-refractivity contribution in [3.8, 4) is 5.75 Å². The largest absolute Gasteiger partial charge is 0.492 e. The lowest BCUT2D eigenvalue weighted by Crippen LogP contribution is -2.28. The second-order valence-electron chi connectivity index (χ2n) is 4.69. The summed E-state index contributed by atoms with van der Waals surface area (Å²) in [5, 5.41) is 3.43. The van der Waals surface area contributed by atoms with Gasteiger partial charge in [0.25, 0.3) is 0 Å². The average molecular weight is 264 g/mol. The van der Waals surface area contributed by atoms with Crippen LogP contribution in [0.5, 0.6) is 5.75 Å². The molecule has 3 nitrogen and oxygen atoms in total. The molecule has 19 heavy (non-hydrogen) atoms. The summed E-state index contributed by atoms with van der Waals surface area (Å²) in [5.74, 6) is 1.00. The zero-order valence-corrected chi connectivity index (χ0v) is 12.8. The van der Waals surface area contributed by atoms with Gasteiger partial charge in [0.2, 0.25) is 0 Å². The third kappa shape index (κ3) is 5.21. The number of rotatable bonds is 9. The quantitative estimate of drug-likeness (QED) is 0.742. The molecule has 1 aromatic carbocycles. The molecule has 0 aliphatic heterocycles. The Balaban J connectivity index is 2.57. The van der Waals surface area contributed by atoms with E-state index < -0.39 is 0 Å². The van der Waals surface area contributed by atoms with Crippen molar-refractivity contribution in [2.45, 2.75) is 33.7 Å². The van der Waals surface area contributed by atoms with Gasteiger partial charge in [-0.05, 0) is 32.6 Å². The number of para-hydroxylation sites is 1. The molecule has 0 amide bonds. The Kier molecular flexibility index (Phi) is 7.53. The SMILES string of the molecule is CCNC(C)c1ccccc1OCCN(CC)CC. The number of hydrogen-bond acceptors (Lipinski definition) is 3. The standard InChI is InChI=1S/C16H28N2O/c1-5-17-14(4)15-10-8-9-11-16(15)19-13-12-18(6-2)7-3/h8-11,14,17H,5-7,12-13H2,1-4H3. The molecule has 1 rings (SSSR count). The van der Waals surface area contributed by atoms with E-state index in [-0.39, 0.29) is 0 Å². The number of benzene rings is 1. The molecule has 1 aromatic rings. The Morgan fingerprint density at radius 2 is 1.84 bits per heavy atom. The predicted octanol–water partition coefficient (Wildman–Crippen LogP) is 3.08. The van der Waals surface area contributed by atoms with E-state index in [1.807, 2.05) is 6.07 Å². The molecule has 1 unspecified atom stereocenters. The molecule has 1 atom stereocenters. The molecule has 108 valence electrons. The van der Waals surface area contributed by atoms with E-state index in [0.717, 1.165) is 38.5 Å². The molecule has 0 saturated heterocycles. The van der Waals surface area contributed by atoms with Gasteiger partial charge >= 0.3 is 0 Å². The molecule has 1 N–H and O–H groups in total. The summed E-state index contributed by atoms with van der Waals surface area (Å²) in [6.07, 6.45) is 0. The molecule has 0 bridgehead atoms. The van der Waals surface area contributed by atoms with Crippen molar-refractivity contribution in [1.82, 2.24) is 10.2 Å². The Hall–Kier alpha value is -1.06. The normalized spacial score (nSPS) is 12.7. The summed E-state index contributed by atoms with van der Waals surface area (Å²) in [7, 11) is 0. The minimum Gasteiger partial charge on any atom is -0.492 e. The monoisotopic (exact) mass is 264 g/mol. The molecule has 0 fully saturated rings. The van der Waals surface area contributed by atoms with Crippen molar-refractivity contribution in [3.05, 3.63) is 29.8 Å². The first-order valence-corrected chi connectivity index (χ1v) is 7.40. The van der Waals surface area contributed by atoms with E-state index in [9.17, 15) is 0 Å². The van der Waals surface area contributed by atoms with Gasteiger partial charge in [-0.3, -0.25) is 0 Å². The number of nitrogens with one attached hydrogen (secondary N) is 1. The highest BCUT2D eigenvalue weighted by atomic mass is 16.5. The van der Waals surface area contributed by atoms with E-state index in [4.69, 9.17) is 4.74 Å². The van der Waals surface area contributed by atoms with Crippen LogP contribution in [-0.4, -0.2) is 37.7 Å². The first-order chi connectivity index (χ1) is 9.22. The summed E-state index contributed by atoms with van der Waals surface area (Å²) in [6.45, 7) is 13.5. The Morgan fingerprint density at radius 1 is 1.16 bits per heavy atom. The van der Waals surface area contributed by atoms with E-state index in [1.54, 1.807) is 0 Å². The molecule has 0 heterocycles. The first-order valence-electron chi connectivity index (χ1n) is 7.40. The van der Waals surface area contributed by atoms with Crippen molar-refractivity contribution in [2.24, 2.45) is 0 Å². The maximum Gasteiger partial charge on any atom is 0.124 e. The van der Waals surface area contributed by atoms with Gasteiger partial charge in [-0.25, -0.2) is 0 Å². The Labute approximate surface area is 118 Å². The Morgan fingerprint density at radius 3 is 2.47 bits per heavy atom. The highest BCUT2D eigenvalue weighted by molar-refractivity contribution is 5.35. The third-order valence-electron chi connectivity index (χ3n) is 3.46. The molecule has 0 aromatic heterocycles. The van der Waals surface area contributed by atoms with Gasteiger partial charge in [-0.2, -0.15) is 0 Å². The number of likely N-dealkylation sites (N-methyl/N-ethyl adjacent to an activating group) is 1. The second kappa shape index (κ2) is 8.94. The molecule has 0 spiro atoms. The fraction of sp³-hybridized carbons (Fsp3) is 0.625. The summed E-state index contributed by atoms with van der Waals surface area (Å²) >= 11 is 0. The highest BCUT2D eigenvalue weighted by Gasteiger charge is 2.10. The van der Waals surface area contributed by atoms with Crippen LogP contribution in [0.3, 0.4) is 0 Å². The first kappa shape index (κ1) is 16.0. The maximum absolute atomic E-state index is 5.96. The number of nitrogens with zero attached hydrogens (tertiary/aromatic N) is 1. The number of hydrogen-bond donors (Lipinski definition) is 1. The fourth-order valence-electron chi connectivity index (χ4n) is 2.21. The molecule has 0 aliphatic carbocycles. The summed E-state index contributed by atoms with van der Waals surface area (Å²) in [6, 6.07) is 8.63. The van der Waals surface area contributed by atoms with Crippen LogP contribution in [0.1, 0.15) is 39.3 Å². The van der Waals surface area contributed by atoms with E-state index in [1.165, 1.54) is 5.56 Å². The summed E-state index contributed by atoms with van der Waals surface area (Å²) < 4.78 is 5.96. The van der Waals surface area contributed by atoms with E-state index >= 15 is 0 Å². The molecule has 0 aliphatic rings. The van der Waals surface area contributed by atoms with E-state index in [0.29, 0.717) is 6.04 Å². The van der Waals surface area contributed by atoms with Crippen LogP contribution in [0, 0.1) is 0 Å². The molecule has 0 radical (unpaired) electrons. The Bertz CT molecular complexity index is 350. The second-order valence-corrected chi connectivity index (χ2v) is 4.69. The smallest absolute Gasteiger partial charge is 0.124 e. The van der Waals surface area contributed by atoms with E-state index in [2.05, 4.69) is 56.1 Å². The zero-order chi connectivity index (χ0) is 14.1. The summed E-state index contributed by atoms with van der Waals surface area (Å²) in [5.41, 5.74) is 1.24. The van der Waals surface area contributed by atoms with Gasteiger partial charge in [0.1, 0.15) is 12.4 Å². The van der Waals surface area contributed by atoms with Crippen LogP contribution >= 0.6 is 0 Å². The van der Waals surface area contributed by atoms with Crippen molar-refractivity contribution < 1.29 is 4.74 Å². The van der Waals surface area contributed by atoms with Gasteiger partial charge in [-0.15, -0.1) is 0 Å². The molecular formula is C16H28N2O. The average Bonchev–Trinajstić information content (AvgIpc) is 2.44. The fourth-order valence-corrected chi connectivity index (χ4v) is 2.21. The molecular weight excluding hydrogens is 236 g/mol. The highest BCUT2D eigenvalue weighted by Crippen LogP contribution is 2.24. The topological polar surface area (TPSA) is 24.5 Å². The van der Waals surface area contributed by atoms with Gasteiger partial charge in [-0.1, -0.05) is 39.0 Å². The lowest BCUT2D eigenvalue weighted by Gasteiger charge is -2.20. The van der Waals surface area contributed by atoms with Crippen molar-refractivity contribution in [3.63, 3.8) is 0 Å². The van der Waals surface area contributed by atoms with Crippen LogP contribution in [0.4, 0.5) is 0 Å². The van der Waals surface area contributed by atoms with Crippen LogP contribution < -0.4 is 10.1 Å². The minimum absolute atomic E-state index is 0.328. The van der Waals surface area contributed by atoms with Crippen LogP contribution in [0.25, 0.3) is 0 Å². The third-order valence-corrected chi connectivity index (χ3v) is 3.46. The van der Waals surface area contributed by atoms with Gasteiger partial charge in [0, 0.05) is 18.2 Å². The number of ether oxygens (including phenoxy) is 1. The van der Waals surface area contributed by atoms with Gasteiger partial charge in [0.05, 0.1) is 0 Å². The van der Waals surface area contributed by atoms with Crippen LogP contribution in [0.15, 0.2) is 24.3 Å². The predicted molar refractivity (Wildman–Crippen MR) is 81.8 cm³/mol. The van der Waals surface area contributed by atoms with Crippen molar-refractivity contribution in [1.29, 1.82) is 0 Å². The van der Waals surface area contributed by atoms with Crippen LogP contribution in [-0.2, 0) is 0 Å². The minimum atomic E-state index is 0.328. The zero-order valence-electron chi connectivity index (χ0n) is 12.8. The lowest BCUT2D eigenvalue weighted by atomic mass is 10.1. The van der Waals surface area contributed by atoms with Crippen LogP contribution in [0.2, 0.25) is 0 Å². The lowest BCUT2D eigenvalue weighted by molar-refractivity contribution is 0.221.